The van der Waals surface area contributed by atoms with E-state index in [0.717, 1.165) is 23.5 Å². The summed E-state index contributed by atoms with van der Waals surface area (Å²) in [7, 11) is 0. The van der Waals surface area contributed by atoms with Gasteiger partial charge in [-0.3, -0.25) is 10.4 Å². The molecule has 0 atom stereocenters. The van der Waals surface area contributed by atoms with Crippen molar-refractivity contribution >= 4 is 11.7 Å². The van der Waals surface area contributed by atoms with E-state index in [1.807, 2.05) is 24.4 Å². The standard InChI is InChI=1S/C15H20N6/c1-2-13-8-15(20-11-19-13)21(7-5-14(16)17)10-12-4-3-6-18-9-12/h3-4,6,8-9,11H,2,5,7,10H2,1H3,(H3,16,17). The number of amidine groups is 1. The second kappa shape index (κ2) is 7.33. The minimum Gasteiger partial charge on any atom is -0.388 e. The lowest BCUT2D eigenvalue weighted by Gasteiger charge is -2.23. The van der Waals surface area contributed by atoms with Crippen LogP contribution in [0.4, 0.5) is 5.82 Å². The Hall–Kier alpha value is -2.50. The largest absolute Gasteiger partial charge is 0.388 e. The zero-order chi connectivity index (χ0) is 15.1. The fraction of sp³-hybridized carbons (Fsp3) is 0.333. The molecule has 0 fully saturated rings. The van der Waals surface area contributed by atoms with Crippen LogP contribution in [0.15, 0.2) is 36.9 Å². The highest BCUT2D eigenvalue weighted by Gasteiger charge is 2.10. The number of rotatable bonds is 7. The van der Waals surface area contributed by atoms with Crippen molar-refractivity contribution in [2.75, 3.05) is 11.4 Å². The normalized spacial score (nSPS) is 10.3. The fourth-order valence-electron chi connectivity index (χ4n) is 1.99. The Morgan fingerprint density at radius 3 is 2.90 bits per heavy atom. The molecular weight excluding hydrogens is 264 g/mol. The summed E-state index contributed by atoms with van der Waals surface area (Å²) in [4.78, 5) is 14.8. The van der Waals surface area contributed by atoms with Crippen LogP contribution in [-0.2, 0) is 13.0 Å². The van der Waals surface area contributed by atoms with Crippen LogP contribution in [-0.4, -0.2) is 27.3 Å². The smallest absolute Gasteiger partial charge is 0.132 e. The molecule has 2 aromatic heterocycles. The van der Waals surface area contributed by atoms with Gasteiger partial charge < -0.3 is 10.6 Å². The summed E-state index contributed by atoms with van der Waals surface area (Å²) in [5, 5.41) is 7.41. The molecule has 0 amide bonds. The Labute approximate surface area is 124 Å². The Morgan fingerprint density at radius 1 is 1.38 bits per heavy atom. The highest BCUT2D eigenvalue weighted by molar-refractivity contribution is 5.77. The second-order valence-corrected chi connectivity index (χ2v) is 4.78. The van der Waals surface area contributed by atoms with Gasteiger partial charge in [-0.2, -0.15) is 0 Å². The molecule has 0 bridgehead atoms. The molecule has 0 aliphatic rings. The average Bonchev–Trinajstić information content (AvgIpc) is 2.52. The van der Waals surface area contributed by atoms with Crippen LogP contribution in [0.2, 0.25) is 0 Å². The highest BCUT2D eigenvalue weighted by atomic mass is 15.2. The number of hydrogen-bond donors (Lipinski definition) is 2. The van der Waals surface area contributed by atoms with Crippen molar-refractivity contribution in [3.8, 4) is 0 Å². The third-order valence-electron chi connectivity index (χ3n) is 3.14. The fourth-order valence-corrected chi connectivity index (χ4v) is 1.99. The zero-order valence-corrected chi connectivity index (χ0v) is 12.2. The average molecular weight is 284 g/mol. The lowest BCUT2D eigenvalue weighted by atomic mass is 10.2. The van der Waals surface area contributed by atoms with E-state index >= 15 is 0 Å². The molecule has 0 radical (unpaired) electrons. The van der Waals surface area contributed by atoms with E-state index in [1.54, 1.807) is 12.5 Å². The molecule has 0 aliphatic heterocycles. The number of nitrogens with two attached hydrogens (primary N) is 1. The highest BCUT2D eigenvalue weighted by Crippen LogP contribution is 2.15. The molecule has 110 valence electrons. The van der Waals surface area contributed by atoms with Gasteiger partial charge in [0, 0.05) is 43.7 Å². The number of nitrogens with zero attached hydrogens (tertiary/aromatic N) is 4. The number of nitrogens with one attached hydrogen (secondary N) is 1. The monoisotopic (exact) mass is 284 g/mol. The van der Waals surface area contributed by atoms with Gasteiger partial charge in [0.2, 0.25) is 0 Å². The van der Waals surface area contributed by atoms with E-state index < -0.39 is 0 Å². The minimum absolute atomic E-state index is 0.177. The Morgan fingerprint density at radius 2 is 2.24 bits per heavy atom. The van der Waals surface area contributed by atoms with Crippen molar-refractivity contribution in [2.24, 2.45) is 5.73 Å². The van der Waals surface area contributed by atoms with Crippen LogP contribution in [0.25, 0.3) is 0 Å². The van der Waals surface area contributed by atoms with Crippen LogP contribution < -0.4 is 10.6 Å². The van der Waals surface area contributed by atoms with E-state index in [0.29, 0.717) is 19.5 Å². The molecule has 0 aliphatic carbocycles. The minimum atomic E-state index is 0.177. The molecule has 3 N–H and O–H groups in total. The molecular formula is C15H20N6. The molecule has 0 saturated heterocycles. The first-order valence-electron chi connectivity index (χ1n) is 6.96. The van der Waals surface area contributed by atoms with E-state index in [1.165, 1.54) is 0 Å². The summed E-state index contributed by atoms with van der Waals surface area (Å²) in [6, 6.07) is 5.92. The first-order valence-corrected chi connectivity index (χ1v) is 6.96. The van der Waals surface area contributed by atoms with Crippen LogP contribution in [0, 0.1) is 5.41 Å². The maximum absolute atomic E-state index is 7.41. The van der Waals surface area contributed by atoms with Crippen molar-refractivity contribution in [3.63, 3.8) is 0 Å². The van der Waals surface area contributed by atoms with Gasteiger partial charge in [-0.25, -0.2) is 9.97 Å². The predicted octanol–water partition coefficient (Wildman–Crippen LogP) is 1.77. The molecule has 0 aromatic carbocycles. The van der Waals surface area contributed by atoms with Crippen molar-refractivity contribution in [1.29, 1.82) is 5.41 Å². The van der Waals surface area contributed by atoms with Crippen LogP contribution in [0.5, 0.6) is 0 Å². The van der Waals surface area contributed by atoms with Crippen LogP contribution in [0.1, 0.15) is 24.6 Å². The Balaban J connectivity index is 2.20. The Kier molecular flexibility index (Phi) is 5.20. The topological polar surface area (TPSA) is 91.8 Å². The number of pyridine rings is 1. The van der Waals surface area contributed by atoms with Crippen molar-refractivity contribution in [1.82, 2.24) is 15.0 Å². The molecule has 0 spiro atoms. The molecule has 2 aromatic rings. The zero-order valence-electron chi connectivity index (χ0n) is 12.2. The van der Waals surface area contributed by atoms with E-state index in [9.17, 15) is 0 Å². The van der Waals surface area contributed by atoms with Gasteiger partial charge in [0.15, 0.2) is 0 Å². The third kappa shape index (κ3) is 4.52. The number of aryl methyl sites for hydroxylation is 1. The van der Waals surface area contributed by atoms with Gasteiger partial charge in [-0.1, -0.05) is 13.0 Å². The summed E-state index contributed by atoms with van der Waals surface area (Å²) >= 11 is 0. The molecule has 0 saturated carbocycles. The van der Waals surface area contributed by atoms with Gasteiger partial charge in [0.1, 0.15) is 12.1 Å². The van der Waals surface area contributed by atoms with Gasteiger partial charge in [0.05, 0.1) is 5.84 Å². The molecule has 6 heteroatoms. The molecule has 0 unspecified atom stereocenters. The van der Waals surface area contributed by atoms with E-state index in [-0.39, 0.29) is 5.84 Å². The maximum Gasteiger partial charge on any atom is 0.132 e. The van der Waals surface area contributed by atoms with Gasteiger partial charge in [-0.05, 0) is 18.1 Å². The van der Waals surface area contributed by atoms with Crippen molar-refractivity contribution in [3.05, 3.63) is 48.2 Å². The first kappa shape index (κ1) is 14.9. The summed E-state index contributed by atoms with van der Waals surface area (Å²) in [6.07, 6.45) is 6.54. The Bertz CT molecular complexity index is 584. The van der Waals surface area contributed by atoms with Crippen molar-refractivity contribution < 1.29 is 0 Å². The maximum atomic E-state index is 7.41. The SMILES string of the molecule is CCc1cc(N(CCC(=N)N)Cc2cccnc2)ncn1. The van der Waals surface area contributed by atoms with Crippen LogP contribution >= 0.6 is 0 Å². The van der Waals surface area contributed by atoms with E-state index in [4.69, 9.17) is 11.1 Å². The quantitative estimate of drug-likeness (QED) is 0.597. The lowest BCUT2D eigenvalue weighted by molar-refractivity contribution is 0.777. The molecule has 21 heavy (non-hydrogen) atoms. The summed E-state index contributed by atoms with van der Waals surface area (Å²) in [5.41, 5.74) is 7.57. The number of hydrogen-bond acceptors (Lipinski definition) is 5. The number of anilines is 1. The van der Waals surface area contributed by atoms with Crippen LogP contribution in [0.3, 0.4) is 0 Å². The summed E-state index contributed by atoms with van der Waals surface area (Å²) in [5.74, 6) is 1.03. The van der Waals surface area contributed by atoms with Gasteiger partial charge in [0.25, 0.3) is 0 Å². The third-order valence-corrected chi connectivity index (χ3v) is 3.14. The number of aromatic nitrogens is 3. The molecule has 2 rings (SSSR count). The second-order valence-electron chi connectivity index (χ2n) is 4.78. The van der Waals surface area contributed by atoms with E-state index in [2.05, 4.69) is 26.8 Å². The van der Waals surface area contributed by atoms with Crippen molar-refractivity contribution in [2.45, 2.75) is 26.3 Å². The van der Waals surface area contributed by atoms with Gasteiger partial charge >= 0.3 is 0 Å². The summed E-state index contributed by atoms with van der Waals surface area (Å²) in [6.45, 7) is 3.39. The molecule has 6 nitrogen and oxygen atoms in total. The lowest BCUT2D eigenvalue weighted by Crippen LogP contribution is -2.28. The predicted molar refractivity (Wildman–Crippen MR) is 83.2 cm³/mol. The summed E-state index contributed by atoms with van der Waals surface area (Å²) < 4.78 is 0. The first-order chi connectivity index (χ1) is 10.2. The molecule has 2 heterocycles. The van der Waals surface area contributed by atoms with Gasteiger partial charge in [-0.15, -0.1) is 0 Å².